The molecule has 3 nitrogen and oxygen atoms in total. The summed E-state index contributed by atoms with van der Waals surface area (Å²) in [5, 5.41) is 10.2. The Morgan fingerprint density at radius 1 is 0.783 bits per heavy atom. The Bertz CT molecular complexity index is 474. The Hall–Kier alpha value is -1.06. The van der Waals surface area contributed by atoms with E-state index in [1.165, 1.54) is 51.4 Å². The van der Waals surface area contributed by atoms with E-state index in [-0.39, 0.29) is 0 Å². The van der Waals surface area contributed by atoms with E-state index in [1.54, 1.807) is 6.07 Å². The largest absolute Gasteiger partial charge is 0.508 e. The van der Waals surface area contributed by atoms with E-state index >= 15 is 0 Å². The van der Waals surface area contributed by atoms with E-state index < -0.39 is 0 Å². The van der Waals surface area contributed by atoms with E-state index in [9.17, 15) is 5.11 Å². The van der Waals surface area contributed by atoms with Crippen molar-refractivity contribution in [2.75, 3.05) is 0 Å². The molecular weight excluding hydrogens is 288 g/mol. The van der Waals surface area contributed by atoms with Crippen molar-refractivity contribution in [1.29, 1.82) is 0 Å². The third-order valence-electron chi connectivity index (χ3n) is 5.29. The first-order chi connectivity index (χ1) is 11.3. The molecule has 0 amide bonds. The van der Waals surface area contributed by atoms with Crippen LogP contribution in [0, 0.1) is 0 Å². The van der Waals surface area contributed by atoms with Gasteiger partial charge in [0.25, 0.3) is 0 Å². The Labute approximate surface area is 140 Å². The fourth-order valence-corrected chi connectivity index (χ4v) is 3.80. The maximum absolute atomic E-state index is 10.2. The van der Waals surface area contributed by atoms with Gasteiger partial charge in [-0.3, -0.25) is 0 Å². The van der Waals surface area contributed by atoms with Crippen LogP contribution in [-0.4, -0.2) is 17.3 Å². The Balaban J connectivity index is 1.57. The van der Waals surface area contributed by atoms with Crippen molar-refractivity contribution in [1.82, 2.24) is 0 Å². The Morgan fingerprint density at radius 3 is 1.96 bits per heavy atom. The van der Waals surface area contributed by atoms with Crippen LogP contribution in [0.3, 0.4) is 0 Å². The molecule has 1 aromatic rings. The molecule has 0 heterocycles. The quantitative estimate of drug-likeness (QED) is 0.794. The Kier molecular flexibility index (Phi) is 6.35. The third kappa shape index (κ3) is 4.95. The predicted octanol–water partition coefficient (Wildman–Crippen LogP) is 5.09. The van der Waals surface area contributed by atoms with Crippen molar-refractivity contribution < 1.29 is 14.6 Å². The lowest BCUT2D eigenvalue weighted by molar-refractivity contribution is 0.00671. The van der Waals surface area contributed by atoms with Crippen LogP contribution in [0.25, 0.3) is 0 Å². The number of hydrogen-bond acceptors (Lipinski definition) is 3. The molecule has 2 aliphatic carbocycles. The lowest BCUT2D eigenvalue weighted by Crippen LogP contribution is -2.18. The maximum atomic E-state index is 10.2. The van der Waals surface area contributed by atoms with Crippen LogP contribution >= 0.6 is 0 Å². The zero-order valence-electron chi connectivity index (χ0n) is 14.1. The van der Waals surface area contributed by atoms with Gasteiger partial charge in [0.1, 0.15) is 5.75 Å². The van der Waals surface area contributed by atoms with Crippen LogP contribution in [0.4, 0.5) is 0 Å². The van der Waals surface area contributed by atoms with E-state index in [0.29, 0.717) is 31.2 Å². The highest BCUT2D eigenvalue weighted by molar-refractivity contribution is 5.38. The molecule has 3 heteroatoms. The molecule has 0 aliphatic heterocycles. The van der Waals surface area contributed by atoms with Crippen molar-refractivity contribution in [2.24, 2.45) is 0 Å². The number of phenols is 1. The molecule has 0 spiro atoms. The van der Waals surface area contributed by atoms with E-state index in [1.807, 2.05) is 6.07 Å². The first-order valence-electron chi connectivity index (χ1n) is 9.36. The van der Waals surface area contributed by atoms with Crippen LogP contribution in [0.5, 0.6) is 5.75 Å². The summed E-state index contributed by atoms with van der Waals surface area (Å²) in [6, 6.07) is 5.71. The molecule has 23 heavy (non-hydrogen) atoms. The minimum Gasteiger partial charge on any atom is -0.508 e. The first kappa shape index (κ1) is 16.8. The fourth-order valence-electron chi connectivity index (χ4n) is 3.80. The van der Waals surface area contributed by atoms with E-state index in [0.717, 1.165) is 24.0 Å². The Morgan fingerprint density at radius 2 is 1.35 bits per heavy atom. The highest BCUT2D eigenvalue weighted by Crippen LogP contribution is 2.28. The normalized spacial score (nSPS) is 20.7. The van der Waals surface area contributed by atoms with Gasteiger partial charge >= 0.3 is 0 Å². The van der Waals surface area contributed by atoms with Gasteiger partial charge in [0.15, 0.2) is 0 Å². The average Bonchev–Trinajstić information content (AvgIpc) is 2.61. The number of aromatic hydroxyl groups is 1. The number of phenolic OH excluding ortho intramolecular Hbond substituents is 1. The molecule has 0 unspecified atom stereocenters. The van der Waals surface area contributed by atoms with Gasteiger partial charge in [-0.15, -0.1) is 0 Å². The van der Waals surface area contributed by atoms with Gasteiger partial charge < -0.3 is 14.6 Å². The van der Waals surface area contributed by atoms with Crippen molar-refractivity contribution in [2.45, 2.75) is 89.6 Å². The lowest BCUT2D eigenvalue weighted by atomic mass is 9.97. The summed E-state index contributed by atoms with van der Waals surface area (Å²) in [5.74, 6) is 0.338. The van der Waals surface area contributed by atoms with Crippen LogP contribution in [0.1, 0.15) is 75.3 Å². The van der Waals surface area contributed by atoms with Gasteiger partial charge in [-0.05, 0) is 37.3 Å². The maximum Gasteiger partial charge on any atom is 0.121 e. The highest BCUT2D eigenvalue weighted by Gasteiger charge is 2.18. The second kappa shape index (κ2) is 8.70. The summed E-state index contributed by atoms with van der Waals surface area (Å²) in [6.07, 6.45) is 13.2. The molecule has 0 atom stereocenters. The van der Waals surface area contributed by atoms with Gasteiger partial charge in [0, 0.05) is 5.56 Å². The molecule has 0 radical (unpaired) electrons. The second-order valence-electron chi connectivity index (χ2n) is 7.06. The summed E-state index contributed by atoms with van der Waals surface area (Å²) in [7, 11) is 0. The molecule has 0 bridgehead atoms. The van der Waals surface area contributed by atoms with Gasteiger partial charge in [0.2, 0.25) is 0 Å². The van der Waals surface area contributed by atoms with Crippen LogP contribution in [0.15, 0.2) is 18.2 Å². The van der Waals surface area contributed by atoms with Gasteiger partial charge in [0.05, 0.1) is 25.4 Å². The zero-order valence-corrected chi connectivity index (χ0v) is 14.1. The summed E-state index contributed by atoms with van der Waals surface area (Å²) in [5.41, 5.74) is 1.99. The molecule has 128 valence electrons. The number of rotatable bonds is 6. The van der Waals surface area contributed by atoms with E-state index in [2.05, 4.69) is 6.07 Å². The number of hydrogen-bond donors (Lipinski definition) is 1. The van der Waals surface area contributed by atoms with Crippen molar-refractivity contribution >= 4 is 0 Å². The molecule has 3 rings (SSSR count). The molecular formula is C20H30O3. The molecule has 2 fully saturated rings. The number of benzene rings is 1. The molecule has 1 aromatic carbocycles. The third-order valence-corrected chi connectivity index (χ3v) is 5.29. The SMILES string of the molecule is Oc1cccc(COC2CCCCC2)c1COC1CCCCC1. The van der Waals surface area contributed by atoms with Crippen LogP contribution < -0.4 is 0 Å². The molecule has 1 N–H and O–H groups in total. The smallest absolute Gasteiger partial charge is 0.121 e. The van der Waals surface area contributed by atoms with Gasteiger partial charge in [-0.1, -0.05) is 50.7 Å². The minimum atomic E-state index is 0.338. The molecule has 0 aromatic heterocycles. The average molecular weight is 318 g/mol. The lowest BCUT2D eigenvalue weighted by Gasteiger charge is -2.24. The van der Waals surface area contributed by atoms with Crippen LogP contribution in [0.2, 0.25) is 0 Å². The summed E-state index contributed by atoms with van der Waals surface area (Å²) < 4.78 is 12.2. The summed E-state index contributed by atoms with van der Waals surface area (Å²) >= 11 is 0. The van der Waals surface area contributed by atoms with Gasteiger partial charge in [-0.2, -0.15) is 0 Å². The highest BCUT2D eigenvalue weighted by atomic mass is 16.5. The second-order valence-corrected chi connectivity index (χ2v) is 7.06. The standard InChI is InChI=1S/C20H30O3/c21-20-13-7-8-16(14-22-17-9-3-1-4-10-17)19(20)15-23-18-11-5-2-6-12-18/h7-8,13,17-18,21H,1-6,9-12,14-15H2. The predicted molar refractivity (Wildman–Crippen MR) is 91.4 cm³/mol. The minimum absolute atomic E-state index is 0.338. The number of ether oxygens (including phenoxy) is 2. The molecule has 2 aliphatic rings. The van der Waals surface area contributed by atoms with Crippen molar-refractivity contribution in [3.8, 4) is 5.75 Å². The van der Waals surface area contributed by atoms with Crippen molar-refractivity contribution in [3.63, 3.8) is 0 Å². The van der Waals surface area contributed by atoms with E-state index in [4.69, 9.17) is 9.47 Å². The van der Waals surface area contributed by atoms with Crippen molar-refractivity contribution in [3.05, 3.63) is 29.3 Å². The topological polar surface area (TPSA) is 38.7 Å². The summed E-state index contributed by atoms with van der Waals surface area (Å²) in [6.45, 7) is 1.09. The van der Waals surface area contributed by atoms with Crippen LogP contribution in [-0.2, 0) is 22.7 Å². The molecule has 2 saturated carbocycles. The van der Waals surface area contributed by atoms with Gasteiger partial charge in [-0.25, -0.2) is 0 Å². The molecule has 0 saturated heterocycles. The monoisotopic (exact) mass is 318 g/mol. The zero-order chi connectivity index (χ0) is 15.9. The summed E-state index contributed by atoms with van der Waals surface area (Å²) in [4.78, 5) is 0. The first-order valence-corrected chi connectivity index (χ1v) is 9.36. The fraction of sp³-hybridized carbons (Fsp3) is 0.700.